The molecule has 0 fully saturated rings. The van der Waals surface area contributed by atoms with Crippen molar-refractivity contribution in [3.63, 3.8) is 0 Å². The molecule has 0 bridgehead atoms. The number of fused-ring (bicyclic) bond motifs is 1. The lowest BCUT2D eigenvalue weighted by Crippen LogP contribution is -2.14. The number of benzene rings is 2. The molecule has 0 saturated carbocycles. The SMILES string of the molecule is CSc1cc2c(=O)cc(Nc3ccccc3)n(-c3ccccc3)c2nc1C. The van der Waals surface area contributed by atoms with Crippen LogP contribution in [0.15, 0.2) is 82.5 Å². The van der Waals surface area contributed by atoms with E-state index in [4.69, 9.17) is 4.98 Å². The first-order valence-electron chi connectivity index (χ1n) is 8.66. The summed E-state index contributed by atoms with van der Waals surface area (Å²) in [6, 6.07) is 23.4. The predicted molar refractivity (Wildman–Crippen MR) is 114 cm³/mol. The summed E-state index contributed by atoms with van der Waals surface area (Å²) >= 11 is 1.60. The van der Waals surface area contributed by atoms with Crippen LogP contribution in [0, 0.1) is 6.92 Å². The van der Waals surface area contributed by atoms with Gasteiger partial charge in [0.25, 0.3) is 0 Å². The van der Waals surface area contributed by atoms with Crippen LogP contribution in [-0.4, -0.2) is 15.8 Å². The second kappa shape index (κ2) is 7.29. The normalized spacial score (nSPS) is 10.9. The van der Waals surface area contributed by atoms with Crippen molar-refractivity contribution in [3.05, 3.63) is 88.7 Å². The fraction of sp³-hybridized carbons (Fsp3) is 0.0909. The average Bonchev–Trinajstić information content (AvgIpc) is 2.69. The number of pyridine rings is 2. The van der Waals surface area contributed by atoms with Gasteiger partial charge in [-0.05, 0) is 43.5 Å². The highest BCUT2D eigenvalue weighted by Crippen LogP contribution is 2.27. The van der Waals surface area contributed by atoms with Crippen molar-refractivity contribution in [2.45, 2.75) is 11.8 Å². The first kappa shape index (κ1) is 17.4. The largest absolute Gasteiger partial charge is 0.341 e. The zero-order valence-electron chi connectivity index (χ0n) is 15.1. The molecule has 4 aromatic rings. The quantitative estimate of drug-likeness (QED) is 0.502. The Labute approximate surface area is 161 Å². The van der Waals surface area contributed by atoms with Gasteiger partial charge >= 0.3 is 0 Å². The molecule has 0 radical (unpaired) electrons. The number of hydrogen-bond donors (Lipinski definition) is 1. The van der Waals surface area contributed by atoms with E-state index in [1.807, 2.05) is 84.5 Å². The minimum atomic E-state index is -0.0431. The maximum Gasteiger partial charge on any atom is 0.193 e. The molecule has 1 N–H and O–H groups in total. The molecule has 134 valence electrons. The van der Waals surface area contributed by atoms with Gasteiger partial charge in [0, 0.05) is 22.3 Å². The van der Waals surface area contributed by atoms with Crippen LogP contribution in [0.25, 0.3) is 16.7 Å². The molecule has 4 rings (SSSR count). The fourth-order valence-corrected chi connectivity index (χ4v) is 3.69. The van der Waals surface area contributed by atoms with Crippen LogP contribution in [0.5, 0.6) is 0 Å². The summed E-state index contributed by atoms with van der Waals surface area (Å²) in [7, 11) is 0. The summed E-state index contributed by atoms with van der Waals surface area (Å²) < 4.78 is 2.00. The topological polar surface area (TPSA) is 46.9 Å². The van der Waals surface area contributed by atoms with Crippen molar-refractivity contribution in [2.24, 2.45) is 0 Å². The van der Waals surface area contributed by atoms with Crippen molar-refractivity contribution in [3.8, 4) is 5.69 Å². The van der Waals surface area contributed by atoms with Gasteiger partial charge in [0.05, 0.1) is 11.1 Å². The minimum absolute atomic E-state index is 0.0431. The molecule has 2 aromatic heterocycles. The standard InChI is InChI=1S/C22H19N3OS/c1-15-20(27-2)13-18-19(26)14-21(24-16-9-5-3-6-10-16)25(22(18)23-15)17-11-7-4-8-12-17/h3-14,24H,1-2H3. The van der Waals surface area contributed by atoms with Crippen molar-refractivity contribution in [1.29, 1.82) is 0 Å². The minimum Gasteiger partial charge on any atom is -0.341 e. The molecular formula is C22H19N3OS. The molecule has 2 aromatic carbocycles. The Morgan fingerprint density at radius 1 is 0.963 bits per heavy atom. The van der Waals surface area contributed by atoms with Crippen LogP contribution in [0.3, 0.4) is 0 Å². The smallest absolute Gasteiger partial charge is 0.193 e. The summed E-state index contributed by atoms with van der Waals surface area (Å²) in [5.41, 5.74) is 3.39. The monoisotopic (exact) mass is 373 g/mol. The number of thioether (sulfide) groups is 1. The van der Waals surface area contributed by atoms with Crippen molar-refractivity contribution in [2.75, 3.05) is 11.6 Å². The lowest BCUT2D eigenvalue weighted by atomic mass is 10.2. The van der Waals surface area contributed by atoms with Gasteiger partial charge in [-0.3, -0.25) is 9.36 Å². The molecule has 0 saturated heterocycles. The summed E-state index contributed by atoms with van der Waals surface area (Å²) in [5, 5.41) is 3.99. The number of hydrogen-bond acceptors (Lipinski definition) is 4. The highest BCUT2D eigenvalue weighted by atomic mass is 32.2. The van der Waals surface area contributed by atoms with Gasteiger partial charge < -0.3 is 5.32 Å². The lowest BCUT2D eigenvalue weighted by molar-refractivity contribution is 1.03. The average molecular weight is 373 g/mol. The molecule has 0 atom stereocenters. The van der Waals surface area contributed by atoms with E-state index in [1.54, 1.807) is 17.8 Å². The molecule has 4 nitrogen and oxygen atoms in total. The molecule has 2 heterocycles. The van der Waals surface area contributed by atoms with Gasteiger partial charge in [0.2, 0.25) is 0 Å². The molecular weight excluding hydrogens is 354 g/mol. The van der Waals surface area contributed by atoms with E-state index in [1.165, 1.54) is 0 Å². The van der Waals surface area contributed by atoms with Crippen LogP contribution in [0.1, 0.15) is 5.69 Å². The highest BCUT2D eigenvalue weighted by molar-refractivity contribution is 7.98. The Kier molecular flexibility index (Phi) is 4.69. The number of nitrogens with one attached hydrogen (secondary N) is 1. The Morgan fingerprint density at radius 3 is 2.30 bits per heavy atom. The van der Waals surface area contributed by atoms with E-state index in [2.05, 4.69) is 5.32 Å². The molecule has 0 aliphatic rings. The van der Waals surface area contributed by atoms with Crippen LogP contribution in [0.4, 0.5) is 11.5 Å². The molecule has 0 spiro atoms. The van der Waals surface area contributed by atoms with Gasteiger partial charge in [-0.1, -0.05) is 36.4 Å². The van der Waals surface area contributed by atoms with Crippen LogP contribution in [-0.2, 0) is 0 Å². The van der Waals surface area contributed by atoms with Crippen LogP contribution in [0.2, 0.25) is 0 Å². The molecule has 27 heavy (non-hydrogen) atoms. The third kappa shape index (κ3) is 3.34. The Balaban J connectivity index is 2.03. The first-order valence-corrected chi connectivity index (χ1v) is 9.89. The second-order valence-corrected chi connectivity index (χ2v) is 7.05. The predicted octanol–water partition coefficient (Wildman–Crippen LogP) is 5.16. The van der Waals surface area contributed by atoms with E-state index in [0.717, 1.165) is 22.0 Å². The van der Waals surface area contributed by atoms with Crippen molar-refractivity contribution >= 4 is 34.3 Å². The number of anilines is 2. The third-order valence-corrected chi connectivity index (χ3v) is 5.27. The summed E-state index contributed by atoms with van der Waals surface area (Å²) in [5.74, 6) is 0.689. The molecule has 0 unspecified atom stereocenters. The van der Waals surface area contributed by atoms with E-state index < -0.39 is 0 Å². The zero-order valence-corrected chi connectivity index (χ0v) is 16.0. The number of nitrogens with zero attached hydrogens (tertiary/aromatic N) is 2. The summed E-state index contributed by atoms with van der Waals surface area (Å²) in [4.78, 5) is 18.7. The van der Waals surface area contributed by atoms with Gasteiger partial charge in [-0.2, -0.15) is 0 Å². The second-order valence-electron chi connectivity index (χ2n) is 6.20. The number of aromatic nitrogens is 2. The molecule has 0 aliphatic carbocycles. The number of rotatable bonds is 4. The van der Waals surface area contributed by atoms with Gasteiger partial charge in [0.15, 0.2) is 5.43 Å². The molecule has 0 aliphatic heterocycles. The van der Waals surface area contributed by atoms with E-state index >= 15 is 0 Å². The lowest BCUT2D eigenvalue weighted by Gasteiger charge is -2.18. The summed E-state index contributed by atoms with van der Waals surface area (Å²) in [6.45, 7) is 1.97. The number of para-hydroxylation sites is 2. The maximum atomic E-state index is 12.9. The Hall–Kier alpha value is -3.05. The first-order chi connectivity index (χ1) is 13.2. The molecule has 5 heteroatoms. The van der Waals surface area contributed by atoms with Gasteiger partial charge in [0.1, 0.15) is 11.5 Å². The number of aryl methyl sites for hydroxylation is 1. The van der Waals surface area contributed by atoms with Gasteiger partial charge in [-0.25, -0.2) is 4.98 Å². The van der Waals surface area contributed by atoms with Crippen LogP contribution >= 0.6 is 11.8 Å². The van der Waals surface area contributed by atoms with Crippen molar-refractivity contribution in [1.82, 2.24) is 9.55 Å². The van der Waals surface area contributed by atoms with E-state index in [9.17, 15) is 4.79 Å². The Morgan fingerprint density at radius 2 is 1.63 bits per heavy atom. The summed E-state index contributed by atoms with van der Waals surface area (Å²) in [6.07, 6.45) is 2.00. The maximum absolute atomic E-state index is 12.9. The van der Waals surface area contributed by atoms with Crippen LogP contribution < -0.4 is 10.7 Å². The van der Waals surface area contributed by atoms with E-state index in [-0.39, 0.29) is 5.43 Å². The van der Waals surface area contributed by atoms with Gasteiger partial charge in [-0.15, -0.1) is 11.8 Å². The van der Waals surface area contributed by atoms with Crippen molar-refractivity contribution < 1.29 is 0 Å². The molecule has 0 amide bonds. The Bertz CT molecular complexity index is 1160. The third-order valence-electron chi connectivity index (χ3n) is 4.41. The highest BCUT2D eigenvalue weighted by Gasteiger charge is 2.14. The fourth-order valence-electron chi connectivity index (χ4n) is 3.11. The van der Waals surface area contributed by atoms with E-state index in [0.29, 0.717) is 16.9 Å². The zero-order chi connectivity index (χ0) is 18.8.